The van der Waals surface area contributed by atoms with Gasteiger partial charge in [0.15, 0.2) is 0 Å². The normalized spacial score (nSPS) is 15.0. The molecule has 0 spiro atoms. The summed E-state index contributed by atoms with van der Waals surface area (Å²) >= 11 is 19.3. The fourth-order valence-electron chi connectivity index (χ4n) is 3.05. The number of hydrogen-bond donors (Lipinski definition) is 0. The van der Waals surface area contributed by atoms with E-state index in [1.807, 2.05) is 18.2 Å². The van der Waals surface area contributed by atoms with Gasteiger partial charge in [-0.05, 0) is 64.9 Å². The zero-order valence-corrected chi connectivity index (χ0v) is 19.6. The molecule has 4 rings (SSSR count). The molecule has 0 aromatic heterocycles. The molecule has 0 atom stereocenters. The molecule has 0 aliphatic carbocycles. The van der Waals surface area contributed by atoms with Crippen molar-refractivity contribution in [3.63, 3.8) is 0 Å². The van der Waals surface area contributed by atoms with Gasteiger partial charge in [0.05, 0.1) is 16.5 Å². The van der Waals surface area contributed by atoms with Gasteiger partial charge in [-0.3, -0.25) is 14.5 Å². The molecular formula is C24H16Cl3NO3S. The van der Waals surface area contributed by atoms with Crippen molar-refractivity contribution in [3.05, 3.63) is 103 Å². The van der Waals surface area contributed by atoms with E-state index in [4.69, 9.17) is 39.5 Å². The molecule has 1 aliphatic heterocycles. The van der Waals surface area contributed by atoms with Gasteiger partial charge in [0, 0.05) is 10.0 Å². The standard InChI is InChI=1S/C24H16Cl3NO3S/c25-18-8-5-15(6-9-18)14-31-21-10-7-16(11-20(21)27)12-22-23(29)28(24(30)32-22)13-17-3-1-2-4-19(17)26/h1-12H,13-14H2/b22-12-. The number of benzene rings is 3. The largest absolute Gasteiger partial charge is 0.487 e. The van der Waals surface area contributed by atoms with Crippen LogP contribution in [0.5, 0.6) is 5.75 Å². The molecule has 0 unspecified atom stereocenters. The molecule has 3 aromatic carbocycles. The number of hydrogen-bond acceptors (Lipinski definition) is 4. The number of carbonyl (C=O) groups is 2. The molecule has 32 heavy (non-hydrogen) atoms. The van der Waals surface area contributed by atoms with Crippen LogP contribution in [-0.4, -0.2) is 16.0 Å². The fraction of sp³-hybridized carbons (Fsp3) is 0.0833. The van der Waals surface area contributed by atoms with Crippen molar-refractivity contribution >= 4 is 63.8 Å². The van der Waals surface area contributed by atoms with Crippen LogP contribution in [0.1, 0.15) is 16.7 Å². The molecule has 0 radical (unpaired) electrons. The zero-order valence-electron chi connectivity index (χ0n) is 16.6. The Bertz CT molecular complexity index is 1210. The van der Waals surface area contributed by atoms with Crippen molar-refractivity contribution in [1.29, 1.82) is 0 Å². The molecule has 1 saturated heterocycles. The summed E-state index contributed by atoms with van der Waals surface area (Å²) in [5, 5.41) is 1.24. The highest BCUT2D eigenvalue weighted by Crippen LogP contribution is 2.35. The Balaban J connectivity index is 1.45. The van der Waals surface area contributed by atoms with Crippen LogP contribution < -0.4 is 4.74 Å². The predicted molar refractivity (Wildman–Crippen MR) is 130 cm³/mol. The van der Waals surface area contributed by atoms with Gasteiger partial charge in [-0.15, -0.1) is 0 Å². The molecule has 0 saturated carbocycles. The Morgan fingerprint density at radius 3 is 2.38 bits per heavy atom. The van der Waals surface area contributed by atoms with Gasteiger partial charge in [-0.1, -0.05) is 71.2 Å². The lowest BCUT2D eigenvalue weighted by atomic mass is 10.2. The molecule has 3 aromatic rings. The highest BCUT2D eigenvalue weighted by Gasteiger charge is 2.35. The van der Waals surface area contributed by atoms with Gasteiger partial charge in [-0.2, -0.15) is 0 Å². The van der Waals surface area contributed by atoms with Crippen molar-refractivity contribution in [3.8, 4) is 5.75 Å². The topological polar surface area (TPSA) is 46.6 Å². The summed E-state index contributed by atoms with van der Waals surface area (Å²) in [5.74, 6) is 0.157. The van der Waals surface area contributed by atoms with Crippen LogP contribution in [-0.2, 0) is 17.9 Å². The Hall–Kier alpha value is -2.44. The Kier molecular flexibility index (Phi) is 7.11. The van der Waals surface area contributed by atoms with Crippen LogP contribution in [0.25, 0.3) is 6.08 Å². The average Bonchev–Trinajstić information content (AvgIpc) is 3.03. The maximum absolute atomic E-state index is 12.8. The van der Waals surface area contributed by atoms with Crippen molar-refractivity contribution in [2.75, 3.05) is 0 Å². The Morgan fingerprint density at radius 1 is 0.906 bits per heavy atom. The van der Waals surface area contributed by atoms with E-state index in [9.17, 15) is 9.59 Å². The number of imide groups is 1. The van der Waals surface area contributed by atoms with Gasteiger partial charge >= 0.3 is 0 Å². The lowest BCUT2D eigenvalue weighted by molar-refractivity contribution is -0.123. The third-order valence-electron chi connectivity index (χ3n) is 4.72. The summed E-state index contributed by atoms with van der Waals surface area (Å²) in [6.07, 6.45) is 1.65. The number of carbonyl (C=O) groups excluding carboxylic acids is 2. The summed E-state index contributed by atoms with van der Waals surface area (Å²) < 4.78 is 5.78. The number of nitrogens with zero attached hydrogens (tertiary/aromatic N) is 1. The molecule has 1 aliphatic rings. The third-order valence-corrected chi connectivity index (χ3v) is 6.54. The molecule has 2 amide bonds. The molecule has 4 nitrogen and oxygen atoms in total. The molecule has 1 heterocycles. The van der Waals surface area contributed by atoms with Crippen LogP contribution in [0.4, 0.5) is 4.79 Å². The Labute approximate surface area is 204 Å². The van der Waals surface area contributed by atoms with Gasteiger partial charge < -0.3 is 4.74 Å². The molecular weight excluding hydrogens is 489 g/mol. The van der Waals surface area contributed by atoms with E-state index in [0.29, 0.717) is 43.5 Å². The van der Waals surface area contributed by atoms with E-state index in [0.717, 1.165) is 17.3 Å². The summed E-state index contributed by atoms with van der Waals surface area (Å²) in [5.41, 5.74) is 2.36. The average molecular weight is 505 g/mol. The van der Waals surface area contributed by atoms with E-state index < -0.39 is 0 Å². The van der Waals surface area contributed by atoms with Crippen molar-refractivity contribution in [2.24, 2.45) is 0 Å². The second-order valence-electron chi connectivity index (χ2n) is 6.96. The van der Waals surface area contributed by atoms with E-state index >= 15 is 0 Å². The van der Waals surface area contributed by atoms with Crippen LogP contribution in [0, 0.1) is 0 Å². The second-order valence-corrected chi connectivity index (χ2v) is 9.21. The maximum Gasteiger partial charge on any atom is 0.293 e. The first-order chi connectivity index (χ1) is 15.4. The van der Waals surface area contributed by atoms with E-state index in [-0.39, 0.29) is 17.7 Å². The minimum Gasteiger partial charge on any atom is -0.487 e. The second kappa shape index (κ2) is 10.0. The molecule has 8 heteroatoms. The molecule has 1 fully saturated rings. The van der Waals surface area contributed by atoms with Crippen molar-refractivity contribution in [2.45, 2.75) is 13.2 Å². The van der Waals surface area contributed by atoms with Gasteiger partial charge in [0.1, 0.15) is 12.4 Å². The number of rotatable bonds is 6. The first-order valence-electron chi connectivity index (χ1n) is 9.56. The predicted octanol–water partition coefficient (Wildman–Crippen LogP) is 7.46. The quantitative estimate of drug-likeness (QED) is 0.327. The third kappa shape index (κ3) is 5.30. The molecule has 0 bridgehead atoms. The van der Waals surface area contributed by atoms with Crippen molar-refractivity contribution < 1.29 is 14.3 Å². The number of halogens is 3. The molecule has 162 valence electrons. The molecule has 0 N–H and O–H groups in total. The van der Waals surface area contributed by atoms with E-state index in [1.54, 1.807) is 54.6 Å². The first-order valence-corrected chi connectivity index (χ1v) is 11.5. The highest BCUT2D eigenvalue weighted by molar-refractivity contribution is 8.18. The zero-order chi connectivity index (χ0) is 22.7. The van der Waals surface area contributed by atoms with Crippen molar-refractivity contribution in [1.82, 2.24) is 4.90 Å². The smallest absolute Gasteiger partial charge is 0.293 e. The Morgan fingerprint density at radius 2 is 1.66 bits per heavy atom. The highest BCUT2D eigenvalue weighted by atomic mass is 35.5. The van der Waals surface area contributed by atoms with Crippen LogP contribution >= 0.6 is 46.6 Å². The summed E-state index contributed by atoms with van der Waals surface area (Å²) in [6.45, 7) is 0.469. The van der Waals surface area contributed by atoms with Crippen LogP contribution in [0.15, 0.2) is 71.6 Å². The van der Waals surface area contributed by atoms with E-state index in [2.05, 4.69) is 0 Å². The summed E-state index contributed by atoms with van der Waals surface area (Å²) in [4.78, 5) is 26.7. The first kappa shape index (κ1) is 22.7. The van der Waals surface area contributed by atoms with Gasteiger partial charge in [-0.25, -0.2) is 0 Å². The lowest BCUT2D eigenvalue weighted by Crippen LogP contribution is -2.27. The minimum atomic E-state index is -0.362. The maximum atomic E-state index is 12.8. The lowest BCUT2D eigenvalue weighted by Gasteiger charge is -2.13. The van der Waals surface area contributed by atoms with E-state index in [1.165, 1.54) is 4.90 Å². The number of ether oxygens (including phenoxy) is 1. The van der Waals surface area contributed by atoms with Crippen LogP contribution in [0.3, 0.4) is 0 Å². The minimum absolute atomic E-state index is 0.125. The number of amides is 2. The summed E-state index contributed by atoms with van der Waals surface area (Å²) in [6, 6.07) is 19.7. The fourth-order valence-corrected chi connectivity index (χ4v) is 4.45. The van der Waals surface area contributed by atoms with Crippen LogP contribution in [0.2, 0.25) is 15.1 Å². The monoisotopic (exact) mass is 503 g/mol. The number of thioether (sulfide) groups is 1. The summed E-state index contributed by atoms with van der Waals surface area (Å²) in [7, 11) is 0. The van der Waals surface area contributed by atoms with Gasteiger partial charge in [0.2, 0.25) is 0 Å². The SMILES string of the molecule is O=C1S/C(=C\c2ccc(OCc3ccc(Cl)cc3)c(Cl)c2)C(=O)N1Cc1ccccc1Cl. The van der Waals surface area contributed by atoms with Gasteiger partial charge in [0.25, 0.3) is 11.1 Å².